The molecule has 1 heterocycles. The molecule has 3 N–H and O–H groups in total. The van der Waals surface area contributed by atoms with Crippen LogP contribution in [0.5, 0.6) is 0 Å². The maximum atomic E-state index is 13.2. The van der Waals surface area contributed by atoms with Crippen LogP contribution in [0.1, 0.15) is 0 Å². The Balaban J connectivity index is 1.84. The van der Waals surface area contributed by atoms with E-state index in [4.69, 9.17) is 28.9 Å². The van der Waals surface area contributed by atoms with Crippen molar-refractivity contribution in [3.63, 3.8) is 0 Å². The molecule has 0 spiro atoms. The predicted octanol–water partition coefficient (Wildman–Crippen LogP) is 5.40. The molecule has 0 saturated heterocycles. The van der Waals surface area contributed by atoms with Crippen molar-refractivity contribution in [2.75, 3.05) is 11.1 Å². The number of nitrogen functional groups attached to an aromatic ring is 1. The smallest absolute Gasteiger partial charge is 0.158 e. The molecule has 24 heavy (non-hydrogen) atoms. The van der Waals surface area contributed by atoms with Gasteiger partial charge in [0.15, 0.2) is 5.82 Å². The molecule has 3 rings (SSSR count). The summed E-state index contributed by atoms with van der Waals surface area (Å²) in [6, 6.07) is 11.6. The number of benzene rings is 2. The van der Waals surface area contributed by atoms with E-state index in [9.17, 15) is 4.39 Å². The van der Waals surface area contributed by atoms with Crippen LogP contribution < -0.4 is 11.1 Å². The third-order valence-corrected chi connectivity index (χ3v) is 4.63. The lowest BCUT2D eigenvalue weighted by atomic mass is 10.3. The molecule has 4 nitrogen and oxygen atoms in total. The SMILES string of the molecule is Nc1c(Nc2ccc(F)c(Cl)c2)ncnc1Sc1ccc(Cl)cc1. The molecule has 0 aliphatic rings. The first-order chi connectivity index (χ1) is 11.5. The van der Waals surface area contributed by atoms with E-state index in [0.717, 1.165) is 4.90 Å². The first-order valence-corrected chi connectivity index (χ1v) is 8.36. The van der Waals surface area contributed by atoms with Crippen molar-refractivity contribution in [2.45, 2.75) is 9.92 Å². The molecule has 2 aromatic carbocycles. The molecule has 0 atom stereocenters. The van der Waals surface area contributed by atoms with E-state index in [-0.39, 0.29) is 5.02 Å². The molecule has 8 heteroatoms. The van der Waals surface area contributed by atoms with E-state index in [2.05, 4.69) is 15.3 Å². The predicted molar refractivity (Wildman–Crippen MR) is 96.7 cm³/mol. The van der Waals surface area contributed by atoms with E-state index < -0.39 is 5.82 Å². The van der Waals surface area contributed by atoms with Gasteiger partial charge in [0, 0.05) is 15.6 Å². The molecule has 0 fully saturated rings. The summed E-state index contributed by atoms with van der Waals surface area (Å²) in [5, 5.41) is 4.29. The van der Waals surface area contributed by atoms with Crippen LogP contribution in [0, 0.1) is 5.82 Å². The van der Waals surface area contributed by atoms with Gasteiger partial charge in [0.1, 0.15) is 22.9 Å². The second-order valence-electron chi connectivity index (χ2n) is 4.75. The number of nitrogens with zero attached hydrogens (tertiary/aromatic N) is 2. The first kappa shape index (κ1) is 16.8. The van der Waals surface area contributed by atoms with Crippen LogP contribution in [0.3, 0.4) is 0 Å². The number of anilines is 3. The van der Waals surface area contributed by atoms with Crippen LogP contribution >= 0.6 is 35.0 Å². The number of halogens is 3. The van der Waals surface area contributed by atoms with Crippen molar-refractivity contribution in [3.05, 3.63) is 64.7 Å². The van der Waals surface area contributed by atoms with E-state index >= 15 is 0 Å². The molecule has 1 aromatic heterocycles. The summed E-state index contributed by atoms with van der Waals surface area (Å²) in [6.07, 6.45) is 1.40. The number of nitrogens with one attached hydrogen (secondary N) is 1. The van der Waals surface area contributed by atoms with Gasteiger partial charge in [-0.3, -0.25) is 0 Å². The third kappa shape index (κ3) is 3.90. The van der Waals surface area contributed by atoms with Crippen LogP contribution in [-0.4, -0.2) is 9.97 Å². The maximum Gasteiger partial charge on any atom is 0.158 e. The van der Waals surface area contributed by atoms with Gasteiger partial charge >= 0.3 is 0 Å². The molecule has 0 radical (unpaired) electrons. The zero-order valence-corrected chi connectivity index (χ0v) is 14.5. The lowest BCUT2D eigenvalue weighted by Crippen LogP contribution is -2.02. The van der Waals surface area contributed by atoms with Gasteiger partial charge in [-0.05, 0) is 42.5 Å². The van der Waals surface area contributed by atoms with Crippen LogP contribution in [0.25, 0.3) is 0 Å². The highest BCUT2D eigenvalue weighted by molar-refractivity contribution is 7.99. The molecular weight excluding hydrogens is 370 g/mol. The van der Waals surface area contributed by atoms with E-state index in [1.165, 1.54) is 30.2 Å². The fraction of sp³-hybridized carbons (Fsp3) is 0. The highest BCUT2D eigenvalue weighted by Gasteiger charge is 2.11. The summed E-state index contributed by atoms with van der Waals surface area (Å²) in [5.41, 5.74) is 7.10. The Hall–Kier alpha value is -2.02. The van der Waals surface area contributed by atoms with Crippen molar-refractivity contribution in [1.82, 2.24) is 9.97 Å². The van der Waals surface area contributed by atoms with Crippen molar-refractivity contribution < 1.29 is 4.39 Å². The second kappa shape index (κ2) is 7.25. The van der Waals surface area contributed by atoms with E-state index in [0.29, 0.717) is 27.2 Å². The molecule has 3 aromatic rings. The molecule has 0 saturated carbocycles. The van der Waals surface area contributed by atoms with Crippen molar-refractivity contribution in [2.24, 2.45) is 0 Å². The normalized spacial score (nSPS) is 10.6. The number of hydrogen-bond acceptors (Lipinski definition) is 5. The molecule has 0 amide bonds. The summed E-state index contributed by atoms with van der Waals surface area (Å²) in [5.74, 6) is -0.0685. The van der Waals surface area contributed by atoms with Crippen molar-refractivity contribution in [3.8, 4) is 0 Å². The third-order valence-electron chi connectivity index (χ3n) is 3.06. The van der Waals surface area contributed by atoms with Crippen LogP contribution in [0.4, 0.5) is 21.6 Å². The molecular formula is C16H11Cl2FN4S. The van der Waals surface area contributed by atoms with Gasteiger partial charge in [0.2, 0.25) is 0 Å². The lowest BCUT2D eigenvalue weighted by molar-refractivity contribution is 0.628. The molecule has 122 valence electrons. The number of nitrogens with two attached hydrogens (primary N) is 1. The quantitative estimate of drug-likeness (QED) is 0.593. The lowest BCUT2D eigenvalue weighted by Gasteiger charge is -2.11. The number of aromatic nitrogens is 2. The second-order valence-corrected chi connectivity index (χ2v) is 6.66. The Morgan fingerprint density at radius 1 is 1.04 bits per heavy atom. The Morgan fingerprint density at radius 3 is 2.50 bits per heavy atom. The average molecular weight is 381 g/mol. The summed E-state index contributed by atoms with van der Waals surface area (Å²) in [7, 11) is 0. The first-order valence-electron chi connectivity index (χ1n) is 6.79. The zero-order valence-electron chi connectivity index (χ0n) is 12.1. The van der Waals surface area contributed by atoms with Crippen LogP contribution in [0.2, 0.25) is 10.0 Å². The zero-order chi connectivity index (χ0) is 17.1. The highest BCUT2D eigenvalue weighted by atomic mass is 35.5. The molecule has 0 bridgehead atoms. The van der Waals surface area contributed by atoms with Gasteiger partial charge in [-0.1, -0.05) is 35.0 Å². The Labute approximate surface area is 152 Å². The molecule has 0 unspecified atom stereocenters. The van der Waals surface area contributed by atoms with Crippen molar-refractivity contribution >= 4 is 52.2 Å². The summed E-state index contributed by atoms with van der Waals surface area (Å²) < 4.78 is 13.2. The van der Waals surface area contributed by atoms with Crippen LogP contribution in [-0.2, 0) is 0 Å². The minimum absolute atomic E-state index is 0.0170. The Morgan fingerprint density at radius 2 is 1.79 bits per heavy atom. The molecule has 0 aliphatic heterocycles. The van der Waals surface area contributed by atoms with Gasteiger partial charge in [0.05, 0.1) is 5.02 Å². The van der Waals surface area contributed by atoms with E-state index in [1.807, 2.05) is 12.1 Å². The minimum atomic E-state index is -0.489. The fourth-order valence-corrected chi connectivity index (χ4v) is 2.99. The van der Waals surface area contributed by atoms with Crippen LogP contribution in [0.15, 0.2) is 58.7 Å². The number of hydrogen-bond donors (Lipinski definition) is 2. The topological polar surface area (TPSA) is 63.8 Å². The maximum absolute atomic E-state index is 13.2. The Bertz CT molecular complexity index is 874. The van der Waals surface area contributed by atoms with Gasteiger partial charge in [-0.2, -0.15) is 0 Å². The minimum Gasteiger partial charge on any atom is -0.394 e. The van der Waals surface area contributed by atoms with Crippen molar-refractivity contribution in [1.29, 1.82) is 0 Å². The summed E-state index contributed by atoms with van der Waals surface area (Å²) in [6.45, 7) is 0. The number of rotatable bonds is 4. The van der Waals surface area contributed by atoms with Gasteiger partial charge in [0.25, 0.3) is 0 Å². The summed E-state index contributed by atoms with van der Waals surface area (Å²) in [4.78, 5) is 9.27. The standard InChI is InChI=1S/C16H11Cl2FN4S/c17-9-1-4-11(5-2-9)24-16-14(20)15(21-8-22-16)23-10-3-6-13(19)12(18)7-10/h1-8H,20H2,(H,21,22,23). The molecule has 0 aliphatic carbocycles. The largest absolute Gasteiger partial charge is 0.394 e. The Kier molecular flexibility index (Phi) is 5.08. The van der Waals surface area contributed by atoms with Gasteiger partial charge in [-0.25, -0.2) is 14.4 Å². The van der Waals surface area contributed by atoms with Gasteiger partial charge in [-0.15, -0.1) is 0 Å². The van der Waals surface area contributed by atoms with E-state index in [1.54, 1.807) is 18.2 Å². The fourth-order valence-electron chi connectivity index (χ4n) is 1.89. The highest BCUT2D eigenvalue weighted by Crippen LogP contribution is 2.34. The van der Waals surface area contributed by atoms with Gasteiger partial charge < -0.3 is 11.1 Å². The monoisotopic (exact) mass is 380 g/mol. The summed E-state index contributed by atoms with van der Waals surface area (Å²) >= 11 is 13.0. The average Bonchev–Trinajstić information content (AvgIpc) is 2.57.